The molecule has 0 amide bonds. The van der Waals surface area contributed by atoms with Gasteiger partial charge in [-0.25, -0.2) is 4.79 Å². The lowest BCUT2D eigenvalue weighted by Crippen LogP contribution is -2.01. The molecule has 1 heterocycles. The summed E-state index contributed by atoms with van der Waals surface area (Å²) in [6, 6.07) is 14.8. The van der Waals surface area contributed by atoms with Crippen LogP contribution >= 0.6 is 0 Å². The Morgan fingerprint density at radius 3 is 2.70 bits per heavy atom. The number of ether oxygens (including phenoxy) is 2. The van der Waals surface area contributed by atoms with Crippen molar-refractivity contribution in [1.29, 1.82) is 0 Å². The van der Waals surface area contributed by atoms with Gasteiger partial charge in [-0.2, -0.15) is 0 Å². The summed E-state index contributed by atoms with van der Waals surface area (Å²) in [4.78, 5) is 11.0. The van der Waals surface area contributed by atoms with Crippen LogP contribution in [0.3, 0.4) is 0 Å². The Morgan fingerprint density at radius 2 is 2.05 bits per heavy atom. The lowest BCUT2D eigenvalue weighted by molar-refractivity contribution is 0.0600. The third kappa shape index (κ3) is 3.59. The number of aliphatic hydroxyl groups excluding tert-OH is 1. The van der Waals surface area contributed by atoms with Crippen molar-refractivity contribution in [3.05, 3.63) is 65.2 Å². The number of methoxy groups -OCH3 is 1. The first-order valence-electron chi connectivity index (χ1n) is 6.23. The maximum absolute atomic E-state index is 11.0. The molecule has 2 bridgehead atoms. The Bertz CT molecular complexity index is 573. The van der Waals surface area contributed by atoms with Crippen LogP contribution in [0.4, 0.5) is 0 Å². The zero-order chi connectivity index (χ0) is 14.4. The molecule has 2 aromatic carbocycles. The summed E-state index contributed by atoms with van der Waals surface area (Å²) >= 11 is 0. The average Bonchev–Trinajstić information content (AvgIpc) is 2.85. The van der Waals surface area contributed by atoms with E-state index in [4.69, 9.17) is 9.84 Å². The number of rotatable bonds is 2. The molecule has 0 fully saturated rings. The highest BCUT2D eigenvalue weighted by Gasteiger charge is 2.04. The number of carbonyl (C=O) groups excluding carboxylic acids is 1. The molecular formula is C16H16O4. The largest absolute Gasteiger partial charge is 0.489 e. The van der Waals surface area contributed by atoms with Crippen molar-refractivity contribution in [2.45, 2.75) is 13.2 Å². The lowest BCUT2D eigenvalue weighted by atomic mass is 10.1. The van der Waals surface area contributed by atoms with Gasteiger partial charge < -0.3 is 14.6 Å². The van der Waals surface area contributed by atoms with E-state index in [1.54, 1.807) is 24.3 Å². The second-order valence-corrected chi connectivity index (χ2v) is 4.29. The molecular weight excluding hydrogens is 256 g/mol. The third-order valence-electron chi connectivity index (χ3n) is 2.83. The molecule has 20 heavy (non-hydrogen) atoms. The number of hydrogen-bond acceptors (Lipinski definition) is 4. The maximum atomic E-state index is 11.0. The highest BCUT2D eigenvalue weighted by Crippen LogP contribution is 2.20. The summed E-state index contributed by atoms with van der Waals surface area (Å²) in [7, 11) is 1.33. The van der Waals surface area contributed by atoms with Gasteiger partial charge in [0, 0.05) is 0 Å². The minimum absolute atomic E-state index is 0.0646. The monoisotopic (exact) mass is 272 g/mol. The zero-order valence-corrected chi connectivity index (χ0v) is 11.2. The quantitative estimate of drug-likeness (QED) is 0.854. The molecule has 0 atom stereocenters. The van der Waals surface area contributed by atoms with Crippen LogP contribution < -0.4 is 4.74 Å². The molecule has 4 heteroatoms. The van der Waals surface area contributed by atoms with E-state index in [-0.39, 0.29) is 12.6 Å². The van der Waals surface area contributed by atoms with E-state index in [1.165, 1.54) is 12.7 Å². The Labute approximate surface area is 117 Å². The minimum atomic E-state index is -0.384. The summed E-state index contributed by atoms with van der Waals surface area (Å²) in [5, 5.41) is 8.76. The fourth-order valence-electron chi connectivity index (χ4n) is 1.81. The number of esters is 1. The normalized spacial score (nSPS) is 11.1. The number of carbonyl (C=O) groups is 1. The second-order valence-electron chi connectivity index (χ2n) is 4.29. The summed E-state index contributed by atoms with van der Waals surface area (Å²) < 4.78 is 9.70. The molecule has 1 aliphatic rings. The van der Waals surface area contributed by atoms with E-state index < -0.39 is 0 Å². The molecule has 0 spiro atoms. The summed E-state index contributed by atoms with van der Waals surface area (Å²) in [6.07, 6.45) is 0. The van der Waals surface area contributed by atoms with Gasteiger partial charge >= 0.3 is 5.97 Å². The van der Waals surface area contributed by atoms with Crippen LogP contribution in [0.25, 0.3) is 0 Å². The minimum Gasteiger partial charge on any atom is -0.489 e. The van der Waals surface area contributed by atoms with E-state index >= 15 is 0 Å². The SMILES string of the molecule is COC(=O)c1cccc(CO)c1.c1cc2cc(c1)OC2. The van der Waals surface area contributed by atoms with Crippen molar-refractivity contribution in [2.24, 2.45) is 0 Å². The van der Waals surface area contributed by atoms with Crippen LogP contribution in [-0.4, -0.2) is 18.2 Å². The molecule has 0 unspecified atom stereocenters. The summed E-state index contributed by atoms with van der Waals surface area (Å²) in [5.41, 5.74) is 2.45. The standard InChI is InChI=1S/C9H10O3.C7H6O/c1-12-9(11)8-4-2-3-7(5-8)6-10;1-2-6-4-7(3-1)8-5-6/h2-5,10H,6H2,1H3;1-4H,5H2. The molecule has 0 radical (unpaired) electrons. The number of hydrogen-bond donors (Lipinski definition) is 1. The van der Waals surface area contributed by atoms with Gasteiger partial charge in [0.25, 0.3) is 0 Å². The Kier molecular flexibility index (Phi) is 4.74. The highest BCUT2D eigenvalue weighted by molar-refractivity contribution is 5.89. The second kappa shape index (κ2) is 6.73. The third-order valence-corrected chi connectivity index (χ3v) is 2.83. The predicted octanol–water partition coefficient (Wildman–Crippen LogP) is 2.54. The summed E-state index contributed by atoms with van der Waals surface area (Å²) in [5.74, 6) is 0.618. The molecule has 104 valence electrons. The molecule has 0 saturated carbocycles. The van der Waals surface area contributed by atoms with Gasteiger partial charge in [-0.1, -0.05) is 24.3 Å². The van der Waals surface area contributed by atoms with Gasteiger partial charge in [0.15, 0.2) is 0 Å². The highest BCUT2D eigenvalue weighted by atomic mass is 16.5. The van der Waals surface area contributed by atoms with Crippen molar-refractivity contribution in [1.82, 2.24) is 0 Å². The topological polar surface area (TPSA) is 55.8 Å². The van der Waals surface area contributed by atoms with Crippen molar-refractivity contribution in [2.75, 3.05) is 7.11 Å². The van der Waals surface area contributed by atoms with Crippen LogP contribution in [0.5, 0.6) is 5.75 Å². The van der Waals surface area contributed by atoms with Crippen molar-refractivity contribution >= 4 is 5.97 Å². The molecule has 4 nitrogen and oxygen atoms in total. The van der Waals surface area contributed by atoms with Crippen LogP contribution in [0, 0.1) is 0 Å². The zero-order valence-electron chi connectivity index (χ0n) is 11.2. The van der Waals surface area contributed by atoms with Gasteiger partial charge in [0.05, 0.1) is 19.3 Å². The molecule has 1 N–H and O–H groups in total. The molecule has 2 aromatic rings. The van der Waals surface area contributed by atoms with E-state index in [0.29, 0.717) is 11.1 Å². The number of aliphatic hydroxyl groups is 1. The number of fused-ring (bicyclic) bond motifs is 2. The van der Waals surface area contributed by atoms with E-state index in [9.17, 15) is 4.79 Å². The molecule has 0 saturated heterocycles. The van der Waals surface area contributed by atoms with Crippen molar-refractivity contribution in [3.63, 3.8) is 0 Å². The van der Waals surface area contributed by atoms with E-state index in [2.05, 4.69) is 16.9 Å². The fraction of sp³-hybridized carbons (Fsp3) is 0.188. The van der Waals surface area contributed by atoms with Gasteiger partial charge in [-0.05, 0) is 35.4 Å². The van der Waals surface area contributed by atoms with Gasteiger partial charge in [0.1, 0.15) is 12.4 Å². The Balaban J connectivity index is 0.000000157. The van der Waals surface area contributed by atoms with Crippen LogP contribution in [-0.2, 0) is 18.0 Å². The Morgan fingerprint density at radius 1 is 1.25 bits per heavy atom. The first kappa shape index (κ1) is 14.1. The average molecular weight is 272 g/mol. The van der Waals surface area contributed by atoms with Crippen LogP contribution in [0.15, 0.2) is 48.5 Å². The van der Waals surface area contributed by atoms with Gasteiger partial charge in [-0.3, -0.25) is 0 Å². The van der Waals surface area contributed by atoms with E-state index in [0.717, 1.165) is 12.4 Å². The van der Waals surface area contributed by atoms with Crippen molar-refractivity contribution < 1.29 is 19.4 Å². The lowest BCUT2D eigenvalue weighted by Gasteiger charge is -2.00. The molecule has 1 aliphatic heterocycles. The first-order valence-corrected chi connectivity index (χ1v) is 6.23. The molecule has 0 aliphatic carbocycles. The van der Waals surface area contributed by atoms with Gasteiger partial charge in [0.2, 0.25) is 0 Å². The number of benzene rings is 2. The smallest absolute Gasteiger partial charge is 0.337 e. The van der Waals surface area contributed by atoms with Gasteiger partial charge in [-0.15, -0.1) is 0 Å². The first-order chi connectivity index (χ1) is 9.72. The van der Waals surface area contributed by atoms with E-state index in [1.807, 2.05) is 12.1 Å². The van der Waals surface area contributed by atoms with Crippen LogP contribution in [0.1, 0.15) is 21.5 Å². The maximum Gasteiger partial charge on any atom is 0.337 e. The molecule has 0 aromatic heterocycles. The predicted molar refractivity (Wildman–Crippen MR) is 74.5 cm³/mol. The molecule has 3 rings (SSSR count). The van der Waals surface area contributed by atoms with Crippen LogP contribution in [0.2, 0.25) is 0 Å². The summed E-state index contributed by atoms with van der Waals surface area (Å²) in [6.45, 7) is 0.702. The Hall–Kier alpha value is -2.33. The fourth-order valence-corrected chi connectivity index (χ4v) is 1.81. The van der Waals surface area contributed by atoms with Crippen molar-refractivity contribution in [3.8, 4) is 5.75 Å².